The molecular weight excluding hydrogens is 248 g/mol. The van der Waals surface area contributed by atoms with E-state index in [1.807, 2.05) is 0 Å². The number of hydrogen-bond acceptors (Lipinski definition) is 4. The Hall–Kier alpha value is -1.33. The quantitative estimate of drug-likeness (QED) is 0.889. The van der Waals surface area contributed by atoms with Gasteiger partial charge in [-0.25, -0.2) is 4.79 Å². The van der Waals surface area contributed by atoms with Gasteiger partial charge in [-0.2, -0.15) is 0 Å². The summed E-state index contributed by atoms with van der Waals surface area (Å²) in [5.74, 6) is 0.0172. The van der Waals surface area contributed by atoms with Gasteiger partial charge in [0, 0.05) is 7.11 Å². The van der Waals surface area contributed by atoms with E-state index in [4.69, 9.17) is 19.0 Å². The fourth-order valence-electron chi connectivity index (χ4n) is 2.49. The van der Waals surface area contributed by atoms with Gasteiger partial charge in [0.1, 0.15) is 23.7 Å². The van der Waals surface area contributed by atoms with Crippen LogP contribution in [0.4, 0.5) is 0 Å². The van der Waals surface area contributed by atoms with E-state index in [0.717, 1.165) is 25.7 Å². The van der Waals surface area contributed by atoms with Crippen LogP contribution in [0.25, 0.3) is 0 Å². The molecule has 0 spiro atoms. The van der Waals surface area contributed by atoms with Crippen molar-refractivity contribution in [2.45, 2.75) is 51.4 Å². The Balaban J connectivity index is 1.88. The van der Waals surface area contributed by atoms with Gasteiger partial charge in [0.25, 0.3) is 0 Å². The summed E-state index contributed by atoms with van der Waals surface area (Å²) >= 11 is 0. The second-order valence-corrected chi connectivity index (χ2v) is 4.95. The molecule has 0 saturated heterocycles. The van der Waals surface area contributed by atoms with Crippen LogP contribution in [0.1, 0.15) is 47.6 Å². The van der Waals surface area contributed by atoms with Crippen LogP contribution in [0.15, 0.2) is 10.5 Å². The largest absolute Gasteiger partial charge is 0.478 e. The molecule has 0 radical (unpaired) electrons. The standard InChI is InChI=1S/C14H20O5/c1-9-13(14(15)16)7-12(19-9)8-18-11-5-3-4-10(6-11)17-2/h7,10-11H,3-6,8H2,1-2H3,(H,15,16). The first-order chi connectivity index (χ1) is 9.10. The van der Waals surface area contributed by atoms with Crippen molar-refractivity contribution in [2.75, 3.05) is 7.11 Å². The van der Waals surface area contributed by atoms with Crippen LogP contribution in [0.2, 0.25) is 0 Å². The minimum atomic E-state index is -0.968. The maximum absolute atomic E-state index is 10.9. The third-order valence-electron chi connectivity index (χ3n) is 3.57. The average molecular weight is 268 g/mol. The van der Waals surface area contributed by atoms with Gasteiger partial charge in [-0.05, 0) is 38.7 Å². The second-order valence-electron chi connectivity index (χ2n) is 4.95. The minimum absolute atomic E-state index is 0.164. The highest BCUT2D eigenvalue weighted by Gasteiger charge is 2.23. The first-order valence-corrected chi connectivity index (χ1v) is 6.57. The Morgan fingerprint density at radius 2 is 2.21 bits per heavy atom. The Morgan fingerprint density at radius 1 is 1.47 bits per heavy atom. The molecule has 2 atom stereocenters. The van der Waals surface area contributed by atoms with Gasteiger partial charge in [0.05, 0.1) is 12.2 Å². The summed E-state index contributed by atoms with van der Waals surface area (Å²) in [6.07, 6.45) is 4.53. The normalized spacial score (nSPS) is 23.5. The van der Waals surface area contributed by atoms with E-state index < -0.39 is 5.97 Å². The molecule has 2 rings (SSSR count). The SMILES string of the molecule is COC1CCCC(OCc2cc(C(=O)O)c(C)o2)C1. The zero-order valence-electron chi connectivity index (χ0n) is 11.3. The van der Waals surface area contributed by atoms with Crippen molar-refractivity contribution in [3.05, 3.63) is 23.2 Å². The third-order valence-corrected chi connectivity index (χ3v) is 3.57. The van der Waals surface area contributed by atoms with Crippen LogP contribution in [0.5, 0.6) is 0 Å². The Labute approximate surface area is 112 Å². The van der Waals surface area contributed by atoms with Crippen LogP contribution < -0.4 is 0 Å². The zero-order valence-corrected chi connectivity index (χ0v) is 11.3. The van der Waals surface area contributed by atoms with Crippen molar-refractivity contribution in [3.8, 4) is 0 Å². The van der Waals surface area contributed by atoms with Crippen LogP contribution in [0.3, 0.4) is 0 Å². The molecular formula is C14H20O5. The lowest BCUT2D eigenvalue weighted by molar-refractivity contribution is -0.0406. The molecule has 5 heteroatoms. The molecule has 106 valence electrons. The van der Waals surface area contributed by atoms with Gasteiger partial charge in [0.15, 0.2) is 0 Å². The topological polar surface area (TPSA) is 68.9 Å². The number of rotatable bonds is 5. The molecule has 5 nitrogen and oxygen atoms in total. The monoisotopic (exact) mass is 268 g/mol. The smallest absolute Gasteiger partial charge is 0.339 e. The summed E-state index contributed by atoms with van der Waals surface area (Å²) in [6.45, 7) is 1.96. The van der Waals surface area contributed by atoms with Crippen LogP contribution >= 0.6 is 0 Å². The molecule has 1 aromatic rings. The fraction of sp³-hybridized carbons (Fsp3) is 0.643. The Kier molecular flexibility index (Phi) is 4.61. The average Bonchev–Trinajstić information content (AvgIpc) is 2.78. The molecule has 19 heavy (non-hydrogen) atoms. The summed E-state index contributed by atoms with van der Waals surface area (Å²) in [4.78, 5) is 10.9. The number of carbonyl (C=O) groups is 1. The molecule has 0 aromatic carbocycles. The summed E-state index contributed by atoms with van der Waals surface area (Å²) in [7, 11) is 1.72. The molecule has 1 aliphatic carbocycles. The predicted molar refractivity (Wildman–Crippen MR) is 68.2 cm³/mol. The van der Waals surface area contributed by atoms with E-state index >= 15 is 0 Å². The first kappa shape index (κ1) is 14.1. The van der Waals surface area contributed by atoms with E-state index in [1.165, 1.54) is 6.07 Å². The zero-order chi connectivity index (χ0) is 13.8. The lowest BCUT2D eigenvalue weighted by Crippen LogP contribution is -2.27. The van der Waals surface area contributed by atoms with E-state index in [1.54, 1.807) is 14.0 Å². The fourth-order valence-corrected chi connectivity index (χ4v) is 2.49. The number of carboxylic acids is 1. The van der Waals surface area contributed by atoms with Gasteiger partial charge < -0.3 is 19.0 Å². The Morgan fingerprint density at radius 3 is 2.84 bits per heavy atom. The molecule has 1 heterocycles. The van der Waals surface area contributed by atoms with Gasteiger partial charge in [-0.15, -0.1) is 0 Å². The van der Waals surface area contributed by atoms with E-state index in [2.05, 4.69) is 0 Å². The molecule has 1 saturated carbocycles. The lowest BCUT2D eigenvalue weighted by atomic mass is 9.95. The van der Waals surface area contributed by atoms with Gasteiger partial charge in [0.2, 0.25) is 0 Å². The van der Waals surface area contributed by atoms with Gasteiger partial charge in [-0.3, -0.25) is 0 Å². The van der Waals surface area contributed by atoms with Crippen LogP contribution in [0, 0.1) is 6.92 Å². The lowest BCUT2D eigenvalue weighted by Gasteiger charge is -2.27. The summed E-state index contributed by atoms with van der Waals surface area (Å²) in [6, 6.07) is 1.54. The van der Waals surface area contributed by atoms with Crippen molar-refractivity contribution in [1.29, 1.82) is 0 Å². The van der Waals surface area contributed by atoms with Gasteiger partial charge in [-0.1, -0.05) is 0 Å². The number of ether oxygens (including phenoxy) is 2. The summed E-state index contributed by atoms with van der Waals surface area (Å²) < 4.78 is 16.5. The van der Waals surface area contributed by atoms with E-state index in [-0.39, 0.29) is 17.8 Å². The Bertz CT molecular complexity index is 437. The molecule has 1 aromatic heterocycles. The molecule has 1 N–H and O–H groups in total. The number of furan rings is 1. The molecule has 0 bridgehead atoms. The number of aryl methyl sites for hydroxylation is 1. The highest BCUT2D eigenvalue weighted by molar-refractivity contribution is 5.88. The van der Waals surface area contributed by atoms with Crippen LogP contribution in [-0.2, 0) is 16.1 Å². The number of aromatic carboxylic acids is 1. The molecule has 0 amide bonds. The number of methoxy groups -OCH3 is 1. The second kappa shape index (κ2) is 6.21. The molecule has 1 fully saturated rings. The highest BCUT2D eigenvalue weighted by Crippen LogP contribution is 2.24. The molecule has 2 unspecified atom stereocenters. The first-order valence-electron chi connectivity index (χ1n) is 6.57. The maximum Gasteiger partial charge on any atom is 0.339 e. The van der Waals surface area contributed by atoms with Crippen molar-refractivity contribution in [2.24, 2.45) is 0 Å². The predicted octanol–water partition coefficient (Wildman–Crippen LogP) is 2.76. The summed E-state index contributed by atoms with van der Waals surface area (Å²) in [5.41, 5.74) is 0.206. The van der Waals surface area contributed by atoms with Crippen molar-refractivity contribution in [1.82, 2.24) is 0 Å². The van der Waals surface area contributed by atoms with E-state index in [9.17, 15) is 4.79 Å². The van der Waals surface area contributed by atoms with Crippen LogP contribution in [-0.4, -0.2) is 30.4 Å². The minimum Gasteiger partial charge on any atom is -0.478 e. The van der Waals surface area contributed by atoms with Crippen molar-refractivity contribution in [3.63, 3.8) is 0 Å². The van der Waals surface area contributed by atoms with E-state index in [0.29, 0.717) is 18.1 Å². The maximum atomic E-state index is 10.9. The van der Waals surface area contributed by atoms with Gasteiger partial charge >= 0.3 is 5.97 Å². The van der Waals surface area contributed by atoms with Crippen molar-refractivity contribution >= 4 is 5.97 Å². The molecule has 1 aliphatic rings. The highest BCUT2D eigenvalue weighted by atomic mass is 16.5. The van der Waals surface area contributed by atoms with Crippen molar-refractivity contribution < 1.29 is 23.8 Å². The number of hydrogen-bond donors (Lipinski definition) is 1. The number of carboxylic acid groups (broad SMARTS) is 1. The third kappa shape index (κ3) is 3.58. The summed E-state index contributed by atoms with van der Waals surface area (Å²) in [5, 5.41) is 8.95. The molecule has 0 aliphatic heterocycles.